The predicted octanol–water partition coefficient (Wildman–Crippen LogP) is 8.95. The standard InChI is InChI=1S/C31H29Br/c1-21-15-17-27(18-16-21)29(30-22(2)19-23(3)31(32)24(30)4)20-28(25-11-7-5-8-12-25)26-13-9-6-10-14-26/h5-20,28H,1-4H3/b29-20-. The Balaban J connectivity index is 2.01. The lowest BCUT2D eigenvalue weighted by Gasteiger charge is -2.21. The minimum atomic E-state index is 0.160. The summed E-state index contributed by atoms with van der Waals surface area (Å²) in [4.78, 5) is 0. The number of aryl methyl sites for hydroxylation is 3. The summed E-state index contributed by atoms with van der Waals surface area (Å²) in [5.74, 6) is 0.160. The quantitative estimate of drug-likeness (QED) is 0.267. The first-order chi connectivity index (χ1) is 15.5. The number of benzene rings is 4. The van der Waals surface area contributed by atoms with E-state index in [1.807, 2.05) is 0 Å². The smallest absolute Gasteiger partial charge is 0.0278 e. The van der Waals surface area contributed by atoms with Crippen molar-refractivity contribution in [3.8, 4) is 0 Å². The molecule has 0 heterocycles. The molecular weight excluding hydrogens is 452 g/mol. The van der Waals surface area contributed by atoms with Gasteiger partial charge in [-0.15, -0.1) is 0 Å². The molecular formula is C31H29Br. The van der Waals surface area contributed by atoms with Gasteiger partial charge in [0.1, 0.15) is 0 Å². The lowest BCUT2D eigenvalue weighted by molar-refractivity contribution is 1.03. The summed E-state index contributed by atoms with van der Waals surface area (Å²) >= 11 is 3.85. The number of rotatable bonds is 5. The van der Waals surface area contributed by atoms with Crippen LogP contribution in [0.2, 0.25) is 0 Å². The summed E-state index contributed by atoms with van der Waals surface area (Å²) < 4.78 is 1.19. The molecule has 0 spiro atoms. The van der Waals surface area contributed by atoms with Crippen LogP contribution in [0.4, 0.5) is 0 Å². The molecule has 32 heavy (non-hydrogen) atoms. The van der Waals surface area contributed by atoms with Crippen LogP contribution in [0, 0.1) is 27.7 Å². The average Bonchev–Trinajstić information content (AvgIpc) is 2.81. The molecule has 1 heteroatoms. The first-order valence-electron chi connectivity index (χ1n) is 11.1. The van der Waals surface area contributed by atoms with Gasteiger partial charge >= 0.3 is 0 Å². The van der Waals surface area contributed by atoms with E-state index in [1.165, 1.54) is 54.6 Å². The minimum Gasteiger partial charge on any atom is -0.0641 e. The molecule has 0 atom stereocenters. The van der Waals surface area contributed by atoms with Crippen LogP contribution in [-0.4, -0.2) is 0 Å². The molecule has 0 saturated heterocycles. The number of hydrogen-bond donors (Lipinski definition) is 0. The van der Waals surface area contributed by atoms with Crippen LogP contribution in [0.3, 0.4) is 0 Å². The van der Waals surface area contributed by atoms with Crippen molar-refractivity contribution >= 4 is 21.5 Å². The third-order valence-electron chi connectivity index (χ3n) is 6.16. The fourth-order valence-corrected chi connectivity index (χ4v) is 4.82. The van der Waals surface area contributed by atoms with Crippen LogP contribution >= 0.6 is 15.9 Å². The third kappa shape index (κ3) is 4.64. The molecule has 4 aromatic rings. The molecule has 0 N–H and O–H groups in total. The van der Waals surface area contributed by atoms with Crippen LogP contribution in [0.5, 0.6) is 0 Å². The predicted molar refractivity (Wildman–Crippen MR) is 141 cm³/mol. The topological polar surface area (TPSA) is 0 Å². The van der Waals surface area contributed by atoms with Gasteiger partial charge in [0.25, 0.3) is 0 Å². The first kappa shape index (κ1) is 22.3. The van der Waals surface area contributed by atoms with Gasteiger partial charge in [0, 0.05) is 10.4 Å². The Bertz CT molecular complexity index is 1190. The zero-order valence-corrected chi connectivity index (χ0v) is 20.8. The van der Waals surface area contributed by atoms with Crippen LogP contribution in [0.25, 0.3) is 5.57 Å². The van der Waals surface area contributed by atoms with Crippen molar-refractivity contribution in [1.82, 2.24) is 0 Å². The molecule has 0 aliphatic heterocycles. The van der Waals surface area contributed by atoms with Crippen molar-refractivity contribution < 1.29 is 0 Å². The van der Waals surface area contributed by atoms with Crippen molar-refractivity contribution in [1.29, 1.82) is 0 Å². The van der Waals surface area contributed by atoms with E-state index in [-0.39, 0.29) is 5.92 Å². The van der Waals surface area contributed by atoms with Crippen LogP contribution in [0.1, 0.15) is 50.4 Å². The van der Waals surface area contributed by atoms with E-state index in [9.17, 15) is 0 Å². The molecule has 0 aliphatic rings. The Morgan fingerprint density at radius 2 is 1.22 bits per heavy atom. The highest BCUT2D eigenvalue weighted by atomic mass is 79.9. The highest BCUT2D eigenvalue weighted by molar-refractivity contribution is 9.10. The summed E-state index contributed by atoms with van der Waals surface area (Å²) in [5, 5.41) is 0. The Morgan fingerprint density at radius 1 is 0.688 bits per heavy atom. The summed E-state index contributed by atoms with van der Waals surface area (Å²) in [5.41, 5.74) is 11.6. The van der Waals surface area contributed by atoms with Gasteiger partial charge < -0.3 is 0 Å². The number of hydrogen-bond acceptors (Lipinski definition) is 0. The summed E-state index contributed by atoms with van der Waals surface area (Å²) in [6, 6.07) is 32.8. The second-order valence-electron chi connectivity index (χ2n) is 8.57. The molecule has 4 aromatic carbocycles. The number of allylic oxidation sites excluding steroid dienone is 1. The van der Waals surface area contributed by atoms with Crippen molar-refractivity contribution in [2.75, 3.05) is 0 Å². The largest absolute Gasteiger partial charge is 0.0641 e. The lowest BCUT2D eigenvalue weighted by atomic mass is 9.83. The lowest BCUT2D eigenvalue weighted by Crippen LogP contribution is -2.03. The van der Waals surface area contributed by atoms with Crippen LogP contribution in [-0.2, 0) is 0 Å². The molecule has 0 fully saturated rings. The molecule has 0 radical (unpaired) electrons. The molecule has 0 unspecified atom stereocenters. The van der Waals surface area contributed by atoms with E-state index >= 15 is 0 Å². The molecule has 0 amide bonds. The highest BCUT2D eigenvalue weighted by Crippen LogP contribution is 2.38. The monoisotopic (exact) mass is 480 g/mol. The summed E-state index contributed by atoms with van der Waals surface area (Å²) in [6.45, 7) is 8.76. The van der Waals surface area contributed by atoms with Gasteiger partial charge in [-0.3, -0.25) is 0 Å². The Morgan fingerprint density at radius 3 is 1.75 bits per heavy atom. The van der Waals surface area contributed by atoms with E-state index in [0.29, 0.717) is 0 Å². The maximum absolute atomic E-state index is 3.85. The fourth-order valence-electron chi connectivity index (χ4n) is 4.51. The second-order valence-corrected chi connectivity index (χ2v) is 9.36. The zero-order valence-electron chi connectivity index (χ0n) is 19.2. The van der Waals surface area contributed by atoms with E-state index in [1.54, 1.807) is 0 Å². The normalized spacial score (nSPS) is 11.8. The van der Waals surface area contributed by atoms with Gasteiger partial charge in [0.15, 0.2) is 0 Å². The molecule has 0 nitrogen and oxygen atoms in total. The van der Waals surface area contributed by atoms with Crippen LogP contribution in [0.15, 0.2) is 102 Å². The molecule has 160 valence electrons. The van der Waals surface area contributed by atoms with E-state index in [2.05, 4.69) is 141 Å². The van der Waals surface area contributed by atoms with E-state index in [4.69, 9.17) is 0 Å². The summed E-state index contributed by atoms with van der Waals surface area (Å²) in [6.07, 6.45) is 2.45. The summed E-state index contributed by atoms with van der Waals surface area (Å²) in [7, 11) is 0. The fraction of sp³-hybridized carbons (Fsp3) is 0.161. The molecule has 4 rings (SSSR count). The van der Waals surface area contributed by atoms with E-state index < -0.39 is 0 Å². The van der Waals surface area contributed by atoms with Crippen molar-refractivity contribution in [2.24, 2.45) is 0 Å². The van der Waals surface area contributed by atoms with E-state index in [0.717, 1.165) is 0 Å². The minimum absolute atomic E-state index is 0.160. The third-order valence-corrected chi connectivity index (χ3v) is 7.38. The average molecular weight is 481 g/mol. The zero-order chi connectivity index (χ0) is 22.7. The Kier molecular flexibility index (Phi) is 6.77. The van der Waals surface area contributed by atoms with Crippen molar-refractivity contribution in [2.45, 2.75) is 33.6 Å². The Labute approximate surface area is 200 Å². The maximum Gasteiger partial charge on any atom is 0.0278 e. The molecule has 0 aliphatic carbocycles. The second kappa shape index (κ2) is 9.71. The molecule has 0 bridgehead atoms. The number of halogens is 1. The van der Waals surface area contributed by atoms with Gasteiger partial charge in [-0.25, -0.2) is 0 Å². The maximum atomic E-state index is 3.85. The van der Waals surface area contributed by atoms with Gasteiger partial charge in [0.2, 0.25) is 0 Å². The van der Waals surface area contributed by atoms with Crippen LogP contribution < -0.4 is 0 Å². The Hall–Kier alpha value is -2.90. The van der Waals surface area contributed by atoms with Gasteiger partial charge in [-0.2, -0.15) is 0 Å². The van der Waals surface area contributed by atoms with Gasteiger partial charge in [0.05, 0.1) is 0 Å². The molecule has 0 saturated carbocycles. The first-order valence-corrected chi connectivity index (χ1v) is 11.9. The van der Waals surface area contributed by atoms with Crippen molar-refractivity contribution in [3.05, 3.63) is 146 Å². The van der Waals surface area contributed by atoms with Gasteiger partial charge in [-0.1, -0.05) is 119 Å². The SMILES string of the molecule is Cc1ccc(/C(=C/C(c2ccccc2)c2ccccc2)c2c(C)cc(C)c(Br)c2C)cc1. The highest BCUT2D eigenvalue weighted by Gasteiger charge is 2.19. The van der Waals surface area contributed by atoms with Crippen molar-refractivity contribution in [3.63, 3.8) is 0 Å². The molecule has 0 aromatic heterocycles. The van der Waals surface area contributed by atoms with Gasteiger partial charge in [-0.05, 0) is 72.2 Å².